The van der Waals surface area contributed by atoms with E-state index in [-0.39, 0.29) is 11.4 Å². The molecule has 2 aromatic carbocycles. The third kappa shape index (κ3) is 3.80. The summed E-state index contributed by atoms with van der Waals surface area (Å²) in [6, 6.07) is 18.4. The van der Waals surface area contributed by atoms with Gasteiger partial charge in [-0.15, -0.1) is 0 Å². The maximum absolute atomic E-state index is 13.8. The van der Waals surface area contributed by atoms with Gasteiger partial charge in [0.05, 0.1) is 21.7 Å². The Labute approximate surface area is 199 Å². The van der Waals surface area contributed by atoms with E-state index in [4.69, 9.17) is 9.84 Å². The first-order valence-electron chi connectivity index (χ1n) is 12.1. The Bertz CT molecular complexity index is 1150. The molecule has 4 aliphatic carbocycles. The van der Waals surface area contributed by atoms with E-state index in [2.05, 4.69) is 31.2 Å². The number of carbonyl (C=O) groups excluding carboxylic acids is 1. The summed E-state index contributed by atoms with van der Waals surface area (Å²) < 4.78 is 8.18. The molecule has 1 heterocycles. The van der Waals surface area contributed by atoms with Gasteiger partial charge in [0.1, 0.15) is 0 Å². The molecular weight excluding hydrogens is 428 g/mol. The lowest BCUT2D eigenvalue weighted by atomic mass is 9.49. The van der Waals surface area contributed by atoms with Crippen LogP contribution in [0.25, 0.3) is 5.69 Å². The number of carbonyl (C=O) groups is 1. The molecule has 0 aliphatic heterocycles. The number of ether oxygens (including phenoxy) is 1. The zero-order valence-electron chi connectivity index (χ0n) is 19.3. The predicted molar refractivity (Wildman–Crippen MR) is 130 cm³/mol. The average Bonchev–Trinajstić information content (AvgIpc) is 3.10. The fraction of sp³-hybridized carbons (Fsp3) is 0.429. The number of nitrogens with zero attached hydrogens (tertiary/aromatic N) is 2. The maximum Gasteiger partial charge on any atom is 0.318 e. The van der Waals surface area contributed by atoms with Gasteiger partial charge >= 0.3 is 5.97 Å². The number of aryl methyl sites for hydroxylation is 2. The fourth-order valence-corrected chi connectivity index (χ4v) is 7.64. The van der Waals surface area contributed by atoms with Crippen LogP contribution in [-0.2, 0) is 4.79 Å². The molecule has 4 fully saturated rings. The van der Waals surface area contributed by atoms with Gasteiger partial charge in [0.2, 0.25) is 5.88 Å². The van der Waals surface area contributed by atoms with Crippen LogP contribution in [0.5, 0.6) is 5.88 Å². The summed E-state index contributed by atoms with van der Waals surface area (Å²) in [5.41, 5.74) is 2.70. The van der Waals surface area contributed by atoms with Crippen LogP contribution in [0.15, 0.2) is 64.4 Å². The molecule has 170 valence electrons. The average molecular weight is 459 g/mol. The molecular formula is C28H30N2O2S. The highest BCUT2D eigenvalue weighted by atomic mass is 32.2. The van der Waals surface area contributed by atoms with E-state index in [1.165, 1.54) is 24.8 Å². The van der Waals surface area contributed by atoms with Crippen LogP contribution in [0.3, 0.4) is 0 Å². The highest BCUT2D eigenvalue weighted by Crippen LogP contribution is 2.60. The number of para-hydroxylation sites is 1. The van der Waals surface area contributed by atoms with Crippen LogP contribution in [-0.4, -0.2) is 15.7 Å². The summed E-state index contributed by atoms with van der Waals surface area (Å²) in [6.07, 6.45) is 6.91. The van der Waals surface area contributed by atoms with Crippen LogP contribution in [0.4, 0.5) is 0 Å². The minimum Gasteiger partial charge on any atom is -0.406 e. The molecule has 1 aromatic heterocycles. The predicted octanol–water partition coefficient (Wildman–Crippen LogP) is 6.76. The van der Waals surface area contributed by atoms with Gasteiger partial charge in [0, 0.05) is 4.90 Å². The van der Waals surface area contributed by atoms with Crippen molar-refractivity contribution >= 4 is 17.7 Å². The van der Waals surface area contributed by atoms with E-state index in [9.17, 15) is 4.79 Å². The van der Waals surface area contributed by atoms with Crippen molar-refractivity contribution in [3.05, 3.63) is 65.9 Å². The van der Waals surface area contributed by atoms with Crippen molar-refractivity contribution in [2.24, 2.45) is 23.2 Å². The van der Waals surface area contributed by atoms with Gasteiger partial charge in [-0.25, -0.2) is 0 Å². The van der Waals surface area contributed by atoms with E-state index in [0.717, 1.165) is 40.4 Å². The number of hydrogen-bond acceptors (Lipinski definition) is 4. The molecule has 4 bridgehead atoms. The second kappa shape index (κ2) is 8.05. The first kappa shape index (κ1) is 21.0. The highest BCUT2D eigenvalue weighted by Gasteiger charge is 2.56. The van der Waals surface area contributed by atoms with Gasteiger partial charge in [-0.1, -0.05) is 47.7 Å². The topological polar surface area (TPSA) is 44.1 Å². The molecule has 0 unspecified atom stereocenters. The summed E-state index contributed by atoms with van der Waals surface area (Å²) in [6.45, 7) is 4.09. The largest absolute Gasteiger partial charge is 0.406 e. The summed E-state index contributed by atoms with van der Waals surface area (Å²) in [4.78, 5) is 15.9. The van der Waals surface area contributed by atoms with Gasteiger partial charge in [0.25, 0.3) is 0 Å². The lowest BCUT2D eigenvalue weighted by Gasteiger charge is -2.55. The van der Waals surface area contributed by atoms with Crippen molar-refractivity contribution in [3.8, 4) is 11.6 Å². The molecule has 0 N–H and O–H groups in total. The Morgan fingerprint density at radius 2 is 1.55 bits per heavy atom. The molecule has 33 heavy (non-hydrogen) atoms. The van der Waals surface area contributed by atoms with Gasteiger partial charge in [-0.2, -0.15) is 9.78 Å². The number of aromatic nitrogens is 2. The lowest BCUT2D eigenvalue weighted by molar-refractivity contribution is -0.162. The van der Waals surface area contributed by atoms with Crippen LogP contribution in [0.2, 0.25) is 0 Å². The maximum atomic E-state index is 13.8. The molecule has 7 rings (SSSR count). The molecule has 0 atom stereocenters. The minimum atomic E-state index is -0.305. The normalized spacial score (nSPS) is 27.6. The Balaban J connectivity index is 1.38. The third-order valence-electron chi connectivity index (χ3n) is 7.87. The van der Waals surface area contributed by atoms with Crippen molar-refractivity contribution in [3.63, 3.8) is 0 Å². The van der Waals surface area contributed by atoms with Crippen molar-refractivity contribution in [2.75, 3.05) is 0 Å². The molecule has 5 heteroatoms. The second-order valence-electron chi connectivity index (χ2n) is 10.5. The number of rotatable bonds is 5. The van der Waals surface area contributed by atoms with Gasteiger partial charge in [-0.3, -0.25) is 4.79 Å². The molecule has 0 amide bonds. The van der Waals surface area contributed by atoms with E-state index in [1.54, 1.807) is 11.8 Å². The monoisotopic (exact) mass is 458 g/mol. The van der Waals surface area contributed by atoms with Crippen molar-refractivity contribution in [1.82, 2.24) is 9.78 Å². The van der Waals surface area contributed by atoms with E-state index in [0.29, 0.717) is 23.6 Å². The Hall–Kier alpha value is -2.53. The zero-order chi connectivity index (χ0) is 22.6. The van der Waals surface area contributed by atoms with Crippen LogP contribution in [0, 0.1) is 37.0 Å². The van der Waals surface area contributed by atoms with Crippen molar-refractivity contribution < 1.29 is 9.53 Å². The number of benzene rings is 2. The summed E-state index contributed by atoms with van der Waals surface area (Å²) in [7, 11) is 0. The van der Waals surface area contributed by atoms with E-state index in [1.807, 2.05) is 41.9 Å². The molecule has 0 saturated heterocycles. The van der Waals surface area contributed by atoms with Gasteiger partial charge < -0.3 is 4.74 Å². The lowest BCUT2D eigenvalue weighted by Crippen LogP contribution is -2.51. The summed E-state index contributed by atoms with van der Waals surface area (Å²) in [5, 5.41) is 4.81. The highest BCUT2D eigenvalue weighted by molar-refractivity contribution is 7.99. The molecule has 0 spiro atoms. The quantitative estimate of drug-likeness (QED) is 0.396. The summed E-state index contributed by atoms with van der Waals surface area (Å²) >= 11 is 1.62. The molecule has 4 nitrogen and oxygen atoms in total. The Kier molecular flexibility index (Phi) is 5.13. The third-order valence-corrected chi connectivity index (χ3v) is 9.05. The van der Waals surface area contributed by atoms with Crippen LogP contribution < -0.4 is 4.74 Å². The fourth-order valence-electron chi connectivity index (χ4n) is 6.72. The van der Waals surface area contributed by atoms with E-state index >= 15 is 0 Å². The molecule has 0 radical (unpaired) electrons. The van der Waals surface area contributed by atoms with Crippen molar-refractivity contribution in [2.45, 2.75) is 62.2 Å². The van der Waals surface area contributed by atoms with E-state index < -0.39 is 0 Å². The number of hydrogen-bond donors (Lipinski definition) is 0. The molecule has 4 aliphatic rings. The van der Waals surface area contributed by atoms with Gasteiger partial charge in [-0.05, 0) is 94.4 Å². The summed E-state index contributed by atoms with van der Waals surface area (Å²) in [5.74, 6) is 2.62. The number of esters is 1. The zero-order valence-corrected chi connectivity index (χ0v) is 20.1. The SMILES string of the molecule is Cc1ccc(Sc2c(C)nn(-c3ccccc3)c2OC(=O)C23CC4CC(CC(C4)C2)C3)cc1. The second-order valence-corrected chi connectivity index (χ2v) is 11.6. The minimum absolute atomic E-state index is 0.0376. The first-order chi connectivity index (χ1) is 16.0. The Morgan fingerprint density at radius 3 is 2.15 bits per heavy atom. The van der Waals surface area contributed by atoms with Crippen molar-refractivity contribution in [1.29, 1.82) is 0 Å². The smallest absolute Gasteiger partial charge is 0.318 e. The van der Waals surface area contributed by atoms with Crippen LogP contribution in [0.1, 0.15) is 49.8 Å². The molecule has 4 saturated carbocycles. The van der Waals surface area contributed by atoms with Crippen LogP contribution >= 0.6 is 11.8 Å². The van der Waals surface area contributed by atoms with Gasteiger partial charge in [0.15, 0.2) is 0 Å². The standard InChI is InChI=1S/C28H30N2O2S/c1-18-8-10-24(11-9-18)33-25-19(2)29-30(23-6-4-3-5-7-23)26(25)32-27(31)28-15-20-12-21(16-28)14-22(13-20)17-28/h3-11,20-22H,12-17H2,1-2H3. The Morgan fingerprint density at radius 1 is 0.939 bits per heavy atom. The molecule has 3 aromatic rings. The first-order valence-corrected chi connectivity index (χ1v) is 12.9.